The molecule has 0 heterocycles. The van der Waals surface area contributed by atoms with Crippen molar-refractivity contribution in [2.75, 3.05) is 23.9 Å². The third-order valence-electron chi connectivity index (χ3n) is 2.44. The molecule has 1 aromatic rings. The lowest BCUT2D eigenvalue weighted by Crippen LogP contribution is -2.40. The standard InChI is InChI=1S/C12H15F3N2O2S/c1-20-6-7(2-3-18)16-12(19)17-11-5-9(14)8(13)4-10(11)15/h4-5,7,18H,2-3,6H2,1H3,(H2,16,17,19)/t7-/m0/s1. The van der Waals surface area contributed by atoms with Gasteiger partial charge in [0.25, 0.3) is 0 Å². The average Bonchev–Trinajstić information content (AvgIpc) is 2.36. The van der Waals surface area contributed by atoms with E-state index in [1.54, 1.807) is 0 Å². The van der Waals surface area contributed by atoms with Crippen LogP contribution in [-0.4, -0.2) is 35.8 Å². The topological polar surface area (TPSA) is 61.4 Å². The van der Waals surface area contributed by atoms with Gasteiger partial charge in [-0.15, -0.1) is 0 Å². The van der Waals surface area contributed by atoms with Gasteiger partial charge in [0, 0.05) is 30.5 Å². The number of carbonyl (C=O) groups is 1. The maximum absolute atomic E-state index is 13.3. The Kier molecular flexibility index (Phi) is 6.66. The van der Waals surface area contributed by atoms with E-state index in [0.29, 0.717) is 24.3 Å². The van der Waals surface area contributed by atoms with Crippen LogP contribution >= 0.6 is 11.8 Å². The van der Waals surface area contributed by atoms with Crippen molar-refractivity contribution in [3.8, 4) is 0 Å². The van der Waals surface area contributed by atoms with Crippen molar-refractivity contribution in [2.45, 2.75) is 12.5 Å². The summed E-state index contributed by atoms with van der Waals surface area (Å²) >= 11 is 1.47. The second-order valence-electron chi connectivity index (χ2n) is 4.01. The number of aliphatic hydroxyl groups excluding tert-OH is 1. The number of amides is 2. The maximum Gasteiger partial charge on any atom is 0.319 e. The quantitative estimate of drug-likeness (QED) is 0.707. The summed E-state index contributed by atoms with van der Waals surface area (Å²) in [4.78, 5) is 11.6. The molecule has 4 nitrogen and oxygen atoms in total. The number of halogens is 3. The summed E-state index contributed by atoms with van der Waals surface area (Å²) in [7, 11) is 0. The van der Waals surface area contributed by atoms with Crippen LogP contribution in [0.4, 0.5) is 23.7 Å². The Morgan fingerprint density at radius 2 is 1.95 bits per heavy atom. The molecule has 0 saturated carbocycles. The third kappa shape index (κ3) is 4.93. The van der Waals surface area contributed by atoms with Crippen LogP contribution in [-0.2, 0) is 0 Å². The van der Waals surface area contributed by atoms with E-state index >= 15 is 0 Å². The number of rotatable bonds is 6. The molecule has 1 rings (SSSR count). The second-order valence-corrected chi connectivity index (χ2v) is 4.92. The van der Waals surface area contributed by atoms with Gasteiger partial charge in [-0.05, 0) is 12.7 Å². The fourth-order valence-corrected chi connectivity index (χ4v) is 2.17. The van der Waals surface area contributed by atoms with Gasteiger partial charge < -0.3 is 15.7 Å². The maximum atomic E-state index is 13.3. The van der Waals surface area contributed by atoms with Crippen LogP contribution in [0.25, 0.3) is 0 Å². The van der Waals surface area contributed by atoms with Crippen molar-refractivity contribution in [1.82, 2.24) is 5.32 Å². The fraction of sp³-hybridized carbons (Fsp3) is 0.417. The molecule has 0 aliphatic carbocycles. The highest BCUT2D eigenvalue weighted by Crippen LogP contribution is 2.18. The largest absolute Gasteiger partial charge is 0.396 e. The summed E-state index contributed by atoms with van der Waals surface area (Å²) in [5.41, 5.74) is -0.451. The molecule has 0 fully saturated rings. The predicted molar refractivity (Wildman–Crippen MR) is 72.3 cm³/mol. The molecule has 3 N–H and O–H groups in total. The molecule has 8 heteroatoms. The number of nitrogens with one attached hydrogen (secondary N) is 2. The Bertz CT molecular complexity index is 468. The number of urea groups is 1. The molecule has 0 aliphatic rings. The van der Waals surface area contributed by atoms with Gasteiger partial charge in [-0.1, -0.05) is 0 Å². The number of anilines is 1. The van der Waals surface area contributed by atoms with Gasteiger partial charge in [-0.3, -0.25) is 0 Å². The first kappa shape index (κ1) is 16.6. The smallest absolute Gasteiger partial charge is 0.319 e. The van der Waals surface area contributed by atoms with E-state index in [0.717, 1.165) is 0 Å². The average molecular weight is 308 g/mol. The second kappa shape index (κ2) is 8.01. The molecule has 0 aromatic heterocycles. The molecule has 112 valence electrons. The summed E-state index contributed by atoms with van der Waals surface area (Å²) in [6.45, 7) is -0.106. The summed E-state index contributed by atoms with van der Waals surface area (Å²) in [6.07, 6.45) is 2.17. The Hall–Kier alpha value is -1.41. The molecule has 20 heavy (non-hydrogen) atoms. The summed E-state index contributed by atoms with van der Waals surface area (Å²) in [5.74, 6) is -3.08. The third-order valence-corrected chi connectivity index (χ3v) is 3.17. The molecular weight excluding hydrogens is 293 g/mol. The zero-order chi connectivity index (χ0) is 15.1. The highest BCUT2D eigenvalue weighted by Gasteiger charge is 2.15. The summed E-state index contributed by atoms with van der Waals surface area (Å²) in [5, 5.41) is 13.5. The van der Waals surface area contributed by atoms with Crippen LogP contribution < -0.4 is 10.6 Å². The first-order valence-electron chi connectivity index (χ1n) is 5.79. The Morgan fingerprint density at radius 3 is 2.55 bits per heavy atom. The minimum Gasteiger partial charge on any atom is -0.396 e. The van der Waals surface area contributed by atoms with Crippen molar-refractivity contribution in [3.05, 3.63) is 29.6 Å². The fourth-order valence-electron chi connectivity index (χ4n) is 1.52. The van der Waals surface area contributed by atoms with E-state index < -0.39 is 29.2 Å². The predicted octanol–water partition coefficient (Wildman–Crippen LogP) is 2.34. The normalized spacial score (nSPS) is 12.1. The lowest BCUT2D eigenvalue weighted by atomic mass is 10.2. The van der Waals surface area contributed by atoms with E-state index in [9.17, 15) is 18.0 Å². The van der Waals surface area contributed by atoms with E-state index in [4.69, 9.17) is 5.11 Å². The molecule has 0 bridgehead atoms. The Morgan fingerprint density at radius 1 is 1.30 bits per heavy atom. The lowest BCUT2D eigenvalue weighted by Gasteiger charge is -2.17. The number of carbonyl (C=O) groups excluding carboxylic acids is 1. The number of hydrogen-bond donors (Lipinski definition) is 3. The van der Waals surface area contributed by atoms with Gasteiger partial charge in [0.05, 0.1) is 5.69 Å². The van der Waals surface area contributed by atoms with Crippen LogP contribution in [0.15, 0.2) is 12.1 Å². The highest BCUT2D eigenvalue weighted by molar-refractivity contribution is 7.98. The van der Waals surface area contributed by atoms with Crippen LogP contribution in [0.3, 0.4) is 0 Å². The molecule has 0 saturated heterocycles. The minimum atomic E-state index is -1.33. The monoisotopic (exact) mass is 308 g/mol. The molecule has 0 spiro atoms. The molecule has 1 atom stereocenters. The Balaban J connectivity index is 2.68. The van der Waals surface area contributed by atoms with Crippen molar-refractivity contribution in [3.63, 3.8) is 0 Å². The van der Waals surface area contributed by atoms with Gasteiger partial charge >= 0.3 is 6.03 Å². The van der Waals surface area contributed by atoms with Crippen LogP contribution in [0.1, 0.15) is 6.42 Å². The van der Waals surface area contributed by atoms with Crippen molar-refractivity contribution in [1.29, 1.82) is 0 Å². The van der Waals surface area contributed by atoms with Crippen molar-refractivity contribution >= 4 is 23.5 Å². The van der Waals surface area contributed by atoms with E-state index in [2.05, 4.69) is 10.6 Å². The minimum absolute atomic E-state index is 0.106. The number of benzene rings is 1. The highest BCUT2D eigenvalue weighted by atomic mass is 32.2. The number of hydrogen-bond acceptors (Lipinski definition) is 3. The van der Waals surface area contributed by atoms with E-state index in [1.165, 1.54) is 11.8 Å². The molecule has 0 radical (unpaired) electrons. The van der Waals surface area contributed by atoms with E-state index in [-0.39, 0.29) is 12.6 Å². The van der Waals surface area contributed by atoms with Crippen molar-refractivity contribution < 1.29 is 23.1 Å². The Labute approximate surface area is 118 Å². The van der Waals surface area contributed by atoms with Crippen LogP contribution in [0.2, 0.25) is 0 Å². The van der Waals surface area contributed by atoms with E-state index in [1.807, 2.05) is 6.26 Å². The summed E-state index contributed by atoms with van der Waals surface area (Å²) < 4.78 is 39.0. The van der Waals surface area contributed by atoms with Gasteiger partial charge in [0.2, 0.25) is 0 Å². The summed E-state index contributed by atoms with van der Waals surface area (Å²) in [6, 6.07) is -0.122. The van der Waals surface area contributed by atoms with Crippen LogP contribution in [0.5, 0.6) is 0 Å². The van der Waals surface area contributed by atoms with Gasteiger partial charge in [-0.2, -0.15) is 11.8 Å². The number of thioether (sulfide) groups is 1. The molecular formula is C12H15F3N2O2S. The van der Waals surface area contributed by atoms with Gasteiger partial charge in [0.1, 0.15) is 5.82 Å². The SMILES string of the molecule is CSC[C@H](CCO)NC(=O)Nc1cc(F)c(F)cc1F. The zero-order valence-corrected chi connectivity index (χ0v) is 11.6. The first-order chi connectivity index (χ1) is 9.47. The molecule has 2 amide bonds. The lowest BCUT2D eigenvalue weighted by molar-refractivity contribution is 0.241. The van der Waals surface area contributed by atoms with Crippen LogP contribution in [0, 0.1) is 17.5 Å². The molecule has 0 unspecified atom stereocenters. The zero-order valence-electron chi connectivity index (χ0n) is 10.8. The van der Waals surface area contributed by atoms with Gasteiger partial charge in [-0.25, -0.2) is 18.0 Å². The molecule has 0 aliphatic heterocycles. The first-order valence-corrected chi connectivity index (χ1v) is 7.19. The molecule has 1 aromatic carbocycles. The van der Waals surface area contributed by atoms with Crippen molar-refractivity contribution in [2.24, 2.45) is 0 Å². The van der Waals surface area contributed by atoms with Gasteiger partial charge in [0.15, 0.2) is 11.6 Å². The number of aliphatic hydroxyl groups is 1.